The van der Waals surface area contributed by atoms with Crippen LogP contribution in [0.2, 0.25) is 0 Å². The number of esters is 1. The van der Waals surface area contributed by atoms with Crippen LogP contribution in [0.4, 0.5) is 11.4 Å². The summed E-state index contributed by atoms with van der Waals surface area (Å²) in [4.78, 5) is 41.5. The number of carbonyl (C=O) groups is 3. The Kier molecular flexibility index (Phi) is 6.12. The lowest BCUT2D eigenvalue weighted by Gasteiger charge is -2.24. The van der Waals surface area contributed by atoms with Gasteiger partial charge in [0.2, 0.25) is 5.91 Å². The van der Waals surface area contributed by atoms with Crippen molar-refractivity contribution in [3.8, 4) is 0 Å². The predicted octanol–water partition coefficient (Wildman–Crippen LogP) is 4.43. The number of para-hydroxylation sites is 2. The molecule has 0 unspecified atom stereocenters. The maximum absolute atomic E-state index is 13.3. The number of anilines is 2. The number of rotatable bonds is 5. The summed E-state index contributed by atoms with van der Waals surface area (Å²) in [6, 6.07) is 22.8. The highest BCUT2D eigenvalue weighted by molar-refractivity contribution is 6.04. The molecule has 0 atom stereocenters. The summed E-state index contributed by atoms with van der Waals surface area (Å²) in [7, 11) is 0. The average molecular weight is 455 g/mol. The predicted molar refractivity (Wildman–Crippen MR) is 129 cm³/mol. The van der Waals surface area contributed by atoms with Crippen molar-refractivity contribution in [3.05, 3.63) is 95.1 Å². The number of amides is 2. The number of aryl methyl sites for hydroxylation is 2. The standard InChI is InChI=1S/C28H26N2O4/c31-26-13-6-16-29(26)18-20-7-5-10-23(17-20)28(33)34-19-27(32)30-24-11-3-1-8-21(24)14-15-22-9-2-4-12-25(22)30/h1-5,7-12,17H,6,13-16,18-19H2. The van der Waals surface area contributed by atoms with Gasteiger partial charge in [0.25, 0.3) is 5.91 Å². The highest BCUT2D eigenvalue weighted by Crippen LogP contribution is 2.36. The van der Waals surface area contributed by atoms with Gasteiger partial charge in [0.05, 0.1) is 16.9 Å². The minimum atomic E-state index is -0.556. The lowest BCUT2D eigenvalue weighted by molar-refractivity contribution is -0.128. The highest BCUT2D eigenvalue weighted by Gasteiger charge is 2.26. The Morgan fingerprint density at radius 2 is 1.50 bits per heavy atom. The quantitative estimate of drug-likeness (QED) is 0.535. The van der Waals surface area contributed by atoms with Gasteiger partial charge in [0, 0.05) is 19.5 Å². The Hall–Kier alpha value is -3.93. The van der Waals surface area contributed by atoms with Gasteiger partial charge in [-0.25, -0.2) is 4.79 Å². The van der Waals surface area contributed by atoms with Gasteiger partial charge in [0.1, 0.15) is 0 Å². The summed E-state index contributed by atoms with van der Waals surface area (Å²) in [5, 5.41) is 0. The van der Waals surface area contributed by atoms with Crippen molar-refractivity contribution in [2.45, 2.75) is 32.2 Å². The van der Waals surface area contributed by atoms with Crippen molar-refractivity contribution in [2.75, 3.05) is 18.1 Å². The Labute approximate surface area is 198 Å². The molecule has 3 aromatic carbocycles. The van der Waals surface area contributed by atoms with E-state index in [1.165, 1.54) is 0 Å². The molecule has 6 heteroatoms. The molecule has 2 amide bonds. The Morgan fingerprint density at radius 3 is 2.15 bits per heavy atom. The van der Waals surface area contributed by atoms with Crippen LogP contribution in [0.5, 0.6) is 0 Å². The molecule has 3 aromatic rings. The molecule has 2 heterocycles. The maximum Gasteiger partial charge on any atom is 0.338 e. The van der Waals surface area contributed by atoms with Crippen LogP contribution in [0, 0.1) is 0 Å². The molecule has 1 saturated heterocycles. The van der Waals surface area contributed by atoms with Crippen LogP contribution in [-0.4, -0.2) is 35.8 Å². The number of carbonyl (C=O) groups excluding carboxylic acids is 3. The minimum Gasteiger partial charge on any atom is -0.452 e. The van der Waals surface area contributed by atoms with E-state index < -0.39 is 5.97 Å². The van der Waals surface area contributed by atoms with Crippen molar-refractivity contribution >= 4 is 29.2 Å². The Bertz CT molecular complexity index is 1200. The number of hydrogen-bond acceptors (Lipinski definition) is 4. The molecule has 0 N–H and O–H groups in total. The molecule has 1 fully saturated rings. The second kappa shape index (κ2) is 9.51. The van der Waals surface area contributed by atoms with Gasteiger partial charge in [-0.2, -0.15) is 0 Å². The van der Waals surface area contributed by atoms with Crippen LogP contribution >= 0.6 is 0 Å². The number of nitrogens with zero attached hydrogens (tertiary/aromatic N) is 2. The van der Waals surface area contributed by atoms with Crippen LogP contribution < -0.4 is 4.90 Å². The maximum atomic E-state index is 13.3. The van der Waals surface area contributed by atoms with E-state index in [9.17, 15) is 14.4 Å². The molecule has 0 saturated carbocycles. The summed E-state index contributed by atoms with van der Waals surface area (Å²) >= 11 is 0. The summed E-state index contributed by atoms with van der Waals surface area (Å²) in [6.07, 6.45) is 3.12. The molecule has 2 aliphatic heterocycles. The fourth-order valence-corrected chi connectivity index (χ4v) is 4.71. The second-order valence-electron chi connectivity index (χ2n) is 8.68. The van der Waals surface area contributed by atoms with Crippen molar-refractivity contribution in [1.29, 1.82) is 0 Å². The molecule has 0 spiro atoms. The molecule has 0 aliphatic carbocycles. The monoisotopic (exact) mass is 454 g/mol. The van der Waals surface area contributed by atoms with Gasteiger partial charge in [-0.15, -0.1) is 0 Å². The van der Waals surface area contributed by atoms with Crippen LogP contribution in [0.25, 0.3) is 0 Å². The lowest BCUT2D eigenvalue weighted by atomic mass is 10.0. The zero-order chi connectivity index (χ0) is 23.5. The average Bonchev–Trinajstić information content (AvgIpc) is 3.18. The second-order valence-corrected chi connectivity index (χ2v) is 8.68. The third kappa shape index (κ3) is 4.44. The van der Waals surface area contributed by atoms with Crippen molar-refractivity contribution < 1.29 is 19.1 Å². The first-order chi connectivity index (χ1) is 16.6. The summed E-state index contributed by atoms with van der Waals surface area (Å²) in [5.74, 6) is -0.718. The van der Waals surface area contributed by atoms with Gasteiger partial charge < -0.3 is 9.64 Å². The lowest BCUT2D eigenvalue weighted by Crippen LogP contribution is -2.31. The smallest absolute Gasteiger partial charge is 0.338 e. The highest BCUT2D eigenvalue weighted by atomic mass is 16.5. The van der Waals surface area contributed by atoms with E-state index >= 15 is 0 Å². The number of ether oxygens (including phenoxy) is 1. The van der Waals surface area contributed by atoms with Gasteiger partial charge >= 0.3 is 5.97 Å². The van der Waals surface area contributed by atoms with Crippen molar-refractivity contribution in [2.24, 2.45) is 0 Å². The molecule has 172 valence electrons. The van der Waals surface area contributed by atoms with E-state index in [4.69, 9.17) is 4.74 Å². The van der Waals surface area contributed by atoms with E-state index in [2.05, 4.69) is 0 Å². The van der Waals surface area contributed by atoms with Gasteiger partial charge in [0.15, 0.2) is 6.61 Å². The molecule has 5 rings (SSSR count). The SMILES string of the molecule is O=C(OCC(=O)N1c2ccccc2CCc2ccccc21)c1cccc(CN2CCCC2=O)c1. The molecule has 0 radical (unpaired) electrons. The number of benzene rings is 3. The zero-order valence-electron chi connectivity index (χ0n) is 18.9. The number of hydrogen-bond donors (Lipinski definition) is 0. The van der Waals surface area contributed by atoms with Gasteiger partial charge in [-0.1, -0.05) is 48.5 Å². The van der Waals surface area contributed by atoms with E-state index in [1.54, 1.807) is 28.0 Å². The molecular formula is C28H26N2O4. The van der Waals surface area contributed by atoms with Crippen molar-refractivity contribution in [1.82, 2.24) is 4.90 Å². The molecule has 6 nitrogen and oxygen atoms in total. The molecular weight excluding hydrogens is 428 g/mol. The van der Waals surface area contributed by atoms with Gasteiger partial charge in [-0.3, -0.25) is 14.5 Å². The normalized spacial score (nSPS) is 14.9. The fraction of sp³-hybridized carbons (Fsp3) is 0.250. The van der Waals surface area contributed by atoms with Crippen LogP contribution in [0.1, 0.15) is 39.9 Å². The number of fused-ring (bicyclic) bond motifs is 2. The molecule has 34 heavy (non-hydrogen) atoms. The van der Waals surface area contributed by atoms with E-state index in [-0.39, 0.29) is 18.4 Å². The zero-order valence-corrected chi connectivity index (χ0v) is 18.9. The summed E-state index contributed by atoms with van der Waals surface area (Å²) in [6.45, 7) is 0.845. The van der Waals surface area contributed by atoms with Crippen LogP contribution in [0.15, 0.2) is 72.8 Å². The Balaban J connectivity index is 1.32. The first kappa shape index (κ1) is 21.9. The molecule has 0 aromatic heterocycles. The third-order valence-electron chi connectivity index (χ3n) is 6.41. The van der Waals surface area contributed by atoms with E-state index in [1.807, 2.05) is 54.6 Å². The van der Waals surface area contributed by atoms with Crippen LogP contribution in [0.3, 0.4) is 0 Å². The minimum absolute atomic E-state index is 0.136. The molecule has 0 bridgehead atoms. The fourth-order valence-electron chi connectivity index (χ4n) is 4.71. The van der Waals surface area contributed by atoms with Crippen LogP contribution in [-0.2, 0) is 33.7 Å². The van der Waals surface area contributed by atoms with Crippen molar-refractivity contribution in [3.63, 3.8) is 0 Å². The van der Waals surface area contributed by atoms with E-state index in [0.717, 1.165) is 53.9 Å². The summed E-state index contributed by atoms with van der Waals surface area (Å²) < 4.78 is 5.45. The largest absolute Gasteiger partial charge is 0.452 e. The van der Waals surface area contributed by atoms with Gasteiger partial charge in [-0.05, 0) is 60.2 Å². The molecule has 2 aliphatic rings. The Morgan fingerprint density at radius 1 is 0.824 bits per heavy atom. The first-order valence-electron chi connectivity index (χ1n) is 11.6. The summed E-state index contributed by atoms with van der Waals surface area (Å²) in [5.41, 5.74) is 5.06. The topological polar surface area (TPSA) is 66.9 Å². The number of likely N-dealkylation sites (tertiary alicyclic amines) is 1. The third-order valence-corrected chi connectivity index (χ3v) is 6.41. The van der Waals surface area contributed by atoms with E-state index in [0.29, 0.717) is 18.5 Å². The first-order valence-corrected chi connectivity index (χ1v) is 11.6.